The van der Waals surface area contributed by atoms with Crippen LogP contribution in [-0.4, -0.2) is 47.4 Å². The van der Waals surface area contributed by atoms with Crippen molar-refractivity contribution < 1.29 is 24.5 Å². The van der Waals surface area contributed by atoms with Crippen LogP contribution in [0.1, 0.15) is 290 Å². The normalized spacial score (nSPS) is 12.8. The second-order valence-corrected chi connectivity index (χ2v) is 18.6. The maximum Gasteiger partial charge on any atom is 0.305 e. The lowest BCUT2D eigenvalue weighted by atomic mass is 10.0. The van der Waals surface area contributed by atoms with E-state index in [0.29, 0.717) is 19.4 Å². The van der Waals surface area contributed by atoms with Crippen molar-refractivity contribution in [2.24, 2.45) is 0 Å². The fraction of sp³-hybridized carbons (Fsp3) is 0.891. The molecule has 0 rings (SSSR count). The van der Waals surface area contributed by atoms with Crippen molar-refractivity contribution in [3.63, 3.8) is 0 Å². The summed E-state index contributed by atoms with van der Waals surface area (Å²) in [7, 11) is 0. The molecular formula is C55H105NO5. The average Bonchev–Trinajstić information content (AvgIpc) is 3.26. The van der Waals surface area contributed by atoms with Crippen LogP contribution in [0.2, 0.25) is 0 Å². The SMILES string of the molecule is CCCCCCCC/C=C\CCCCCCCC(=O)OCCCCCCCCCCCCCCCCCCCCC(=O)NC(CO)C(O)/C=C/CCCCCCCCCCC. The number of carbonyl (C=O) groups is 2. The van der Waals surface area contributed by atoms with E-state index in [1.165, 1.54) is 218 Å². The Balaban J connectivity index is 3.41. The van der Waals surface area contributed by atoms with Crippen LogP contribution in [0.15, 0.2) is 24.3 Å². The van der Waals surface area contributed by atoms with Crippen LogP contribution >= 0.6 is 0 Å². The number of aliphatic hydroxyl groups excluding tert-OH is 2. The summed E-state index contributed by atoms with van der Waals surface area (Å²) < 4.78 is 5.47. The largest absolute Gasteiger partial charge is 0.466 e. The lowest BCUT2D eigenvalue weighted by molar-refractivity contribution is -0.143. The third-order valence-electron chi connectivity index (χ3n) is 12.5. The second-order valence-electron chi connectivity index (χ2n) is 18.6. The van der Waals surface area contributed by atoms with Crippen LogP contribution in [0.3, 0.4) is 0 Å². The van der Waals surface area contributed by atoms with Gasteiger partial charge in [0.2, 0.25) is 5.91 Å². The van der Waals surface area contributed by atoms with E-state index in [0.717, 1.165) is 44.9 Å². The van der Waals surface area contributed by atoms with Gasteiger partial charge in [0, 0.05) is 12.8 Å². The standard InChI is InChI=1S/C55H105NO5/c1-3-5-7-9-11-13-15-16-21-25-29-33-37-41-45-49-55(60)61-50-46-42-38-34-30-26-23-20-18-17-19-22-24-28-32-36-40-44-48-54(59)56-52(51-57)53(58)47-43-39-35-31-27-14-12-10-8-6-4-2/h16,21,43,47,52-53,57-58H,3-15,17-20,22-42,44-46,48-51H2,1-2H3,(H,56,59)/b21-16-,47-43+. The van der Waals surface area contributed by atoms with E-state index in [4.69, 9.17) is 4.74 Å². The Morgan fingerprint density at radius 2 is 0.770 bits per heavy atom. The summed E-state index contributed by atoms with van der Waals surface area (Å²) in [5, 5.41) is 23.0. The minimum absolute atomic E-state index is 0.00172. The highest BCUT2D eigenvalue weighted by Crippen LogP contribution is 2.16. The molecule has 0 aliphatic heterocycles. The van der Waals surface area contributed by atoms with Crippen molar-refractivity contribution in [3.8, 4) is 0 Å². The van der Waals surface area contributed by atoms with Crippen molar-refractivity contribution in [3.05, 3.63) is 24.3 Å². The lowest BCUT2D eigenvalue weighted by Gasteiger charge is -2.20. The first-order chi connectivity index (χ1) is 30.0. The van der Waals surface area contributed by atoms with Gasteiger partial charge in [-0.1, -0.05) is 244 Å². The second kappa shape index (κ2) is 51.0. The Kier molecular flexibility index (Phi) is 49.6. The zero-order valence-corrected chi connectivity index (χ0v) is 40.9. The number of unbranched alkanes of at least 4 members (excludes halogenated alkanes) is 37. The smallest absolute Gasteiger partial charge is 0.305 e. The topological polar surface area (TPSA) is 95.9 Å². The molecule has 1 amide bonds. The highest BCUT2D eigenvalue weighted by Gasteiger charge is 2.18. The van der Waals surface area contributed by atoms with E-state index in [1.54, 1.807) is 6.08 Å². The van der Waals surface area contributed by atoms with Crippen LogP contribution in [0.25, 0.3) is 0 Å². The molecule has 0 saturated heterocycles. The molecule has 0 aliphatic rings. The van der Waals surface area contributed by atoms with E-state index in [9.17, 15) is 19.8 Å². The Morgan fingerprint density at radius 3 is 1.16 bits per heavy atom. The zero-order valence-electron chi connectivity index (χ0n) is 40.9. The molecule has 2 atom stereocenters. The van der Waals surface area contributed by atoms with E-state index >= 15 is 0 Å². The van der Waals surface area contributed by atoms with Gasteiger partial charge in [-0.25, -0.2) is 0 Å². The van der Waals surface area contributed by atoms with Gasteiger partial charge in [-0.2, -0.15) is 0 Å². The molecule has 0 aromatic heterocycles. The number of aliphatic hydroxyl groups is 2. The zero-order chi connectivity index (χ0) is 44.4. The van der Waals surface area contributed by atoms with Gasteiger partial charge in [0.15, 0.2) is 0 Å². The molecule has 2 unspecified atom stereocenters. The van der Waals surface area contributed by atoms with Gasteiger partial charge in [-0.05, 0) is 57.8 Å². The van der Waals surface area contributed by atoms with Crippen molar-refractivity contribution >= 4 is 11.9 Å². The number of allylic oxidation sites excluding steroid dienone is 3. The van der Waals surface area contributed by atoms with Crippen LogP contribution in [0.4, 0.5) is 0 Å². The Bertz CT molecular complexity index is 951. The monoisotopic (exact) mass is 860 g/mol. The predicted molar refractivity (Wildman–Crippen MR) is 264 cm³/mol. The molecule has 0 aromatic carbocycles. The molecule has 0 fully saturated rings. The van der Waals surface area contributed by atoms with Gasteiger partial charge in [-0.3, -0.25) is 9.59 Å². The molecule has 0 aromatic rings. The third kappa shape index (κ3) is 47.7. The molecule has 0 aliphatic carbocycles. The van der Waals surface area contributed by atoms with Crippen LogP contribution in [0.5, 0.6) is 0 Å². The molecule has 6 heteroatoms. The highest BCUT2D eigenvalue weighted by molar-refractivity contribution is 5.76. The minimum Gasteiger partial charge on any atom is -0.466 e. The summed E-state index contributed by atoms with van der Waals surface area (Å²) in [5.41, 5.74) is 0. The summed E-state index contributed by atoms with van der Waals surface area (Å²) in [6, 6.07) is -0.629. The number of amides is 1. The van der Waals surface area contributed by atoms with Gasteiger partial charge >= 0.3 is 5.97 Å². The molecule has 0 radical (unpaired) electrons. The number of hydrogen-bond acceptors (Lipinski definition) is 5. The highest BCUT2D eigenvalue weighted by atomic mass is 16.5. The molecule has 6 nitrogen and oxygen atoms in total. The number of rotatable bonds is 50. The average molecular weight is 860 g/mol. The first kappa shape index (κ1) is 59.3. The Labute approximate surface area is 380 Å². The molecular weight excluding hydrogens is 755 g/mol. The molecule has 3 N–H and O–H groups in total. The Hall–Kier alpha value is -1.66. The van der Waals surface area contributed by atoms with E-state index < -0.39 is 12.1 Å². The first-order valence-corrected chi connectivity index (χ1v) is 27.1. The van der Waals surface area contributed by atoms with Crippen LogP contribution < -0.4 is 5.32 Å². The van der Waals surface area contributed by atoms with Crippen LogP contribution in [-0.2, 0) is 14.3 Å². The summed E-state index contributed by atoms with van der Waals surface area (Å²) in [6.07, 6.45) is 60.4. The van der Waals surface area contributed by atoms with Gasteiger partial charge in [0.05, 0.1) is 25.4 Å². The fourth-order valence-corrected chi connectivity index (χ4v) is 8.27. The number of hydrogen-bond donors (Lipinski definition) is 3. The third-order valence-corrected chi connectivity index (χ3v) is 12.5. The molecule has 61 heavy (non-hydrogen) atoms. The van der Waals surface area contributed by atoms with Crippen molar-refractivity contribution in [1.29, 1.82) is 0 Å². The maximum absolute atomic E-state index is 12.4. The quantitative estimate of drug-likeness (QED) is 0.0322. The molecule has 360 valence electrons. The number of carbonyl (C=O) groups excluding carboxylic acids is 2. The van der Waals surface area contributed by atoms with E-state index in [-0.39, 0.29) is 18.5 Å². The van der Waals surface area contributed by atoms with Gasteiger partial charge in [-0.15, -0.1) is 0 Å². The number of nitrogens with one attached hydrogen (secondary N) is 1. The Morgan fingerprint density at radius 1 is 0.443 bits per heavy atom. The van der Waals surface area contributed by atoms with Crippen molar-refractivity contribution in [2.45, 2.75) is 302 Å². The molecule has 0 bridgehead atoms. The minimum atomic E-state index is -0.845. The fourth-order valence-electron chi connectivity index (χ4n) is 8.27. The van der Waals surface area contributed by atoms with E-state index in [1.807, 2.05) is 6.08 Å². The van der Waals surface area contributed by atoms with Gasteiger partial charge < -0.3 is 20.3 Å². The lowest BCUT2D eigenvalue weighted by Crippen LogP contribution is -2.45. The van der Waals surface area contributed by atoms with Gasteiger partial charge in [0.1, 0.15) is 0 Å². The predicted octanol–water partition coefficient (Wildman–Crippen LogP) is 16.3. The maximum atomic E-state index is 12.4. The molecule has 0 spiro atoms. The number of esters is 1. The summed E-state index contributed by atoms with van der Waals surface area (Å²) in [6.45, 7) is 4.87. The van der Waals surface area contributed by atoms with Gasteiger partial charge in [0.25, 0.3) is 0 Å². The number of ether oxygens (including phenoxy) is 1. The first-order valence-electron chi connectivity index (χ1n) is 27.1. The molecule has 0 saturated carbocycles. The van der Waals surface area contributed by atoms with Crippen LogP contribution in [0, 0.1) is 0 Å². The van der Waals surface area contributed by atoms with Crippen molar-refractivity contribution in [1.82, 2.24) is 5.32 Å². The summed E-state index contributed by atoms with van der Waals surface area (Å²) in [4.78, 5) is 24.4. The summed E-state index contributed by atoms with van der Waals surface area (Å²) in [5.74, 6) is -0.0750. The molecule has 0 heterocycles. The summed E-state index contributed by atoms with van der Waals surface area (Å²) >= 11 is 0. The van der Waals surface area contributed by atoms with Crippen molar-refractivity contribution in [2.75, 3.05) is 13.2 Å². The van der Waals surface area contributed by atoms with E-state index in [2.05, 4.69) is 31.3 Å².